The topological polar surface area (TPSA) is 20.3 Å². The molecule has 2 rings (SSSR count). The zero-order valence-electron chi connectivity index (χ0n) is 12.6. The minimum absolute atomic E-state index is 0.295. The molecule has 2 aromatic carbocycles. The average molecular weight is 302 g/mol. The van der Waals surface area contributed by atoms with Crippen LogP contribution >= 0.6 is 11.6 Å². The van der Waals surface area contributed by atoms with Crippen molar-refractivity contribution in [3.05, 3.63) is 65.2 Å². The molecule has 0 aliphatic heterocycles. The molecule has 0 heterocycles. The lowest BCUT2D eigenvalue weighted by Gasteiger charge is -2.16. The number of nitrogens with zero attached hydrogens (tertiary/aromatic N) is 1. The summed E-state index contributed by atoms with van der Waals surface area (Å²) in [6, 6.07) is 16.2. The minimum Gasteiger partial charge on any atom is -0.378 e. The van der Waals surface area contributed by atoms with E-state index >= 15 is 0 Å². The highest BCUT2D eigenvalue weighted by Crippen LogP contribution is 2.25. The van der Waals surface area contributed by atoms with E-state index in [-0.39, 0.29) is 11.2 Å². The molecule has 1 unspecified atom stereocenters. The second-order valence-corrected chi connectivity index (χ2v) is 5.91. The standard InChI is InChI=1S/C18H20ClNO/c1-13-5-4-6-15(11-13)17(18(19)21)12-14-7-9-16(10-8-14)20(2)3/h4-11,17H,12H2,1-3H3. The maximum Gasteiger partial charge on any atom is 0.229 e. The number of aryl methyl sites for hydroxylation is 1. The highest BCUT2D eigenvalue weighted by molar-refractivity contribution is 6.64. The number of rotatable bonds is 5. The van der Waals surface area contributed by atoms with Crippen LogP contribution < -0.4 is 4.90 Å². The van der Waals surface area contributed by atoms with Crippen LogP contribution in [0.4, 0.5) is 5.69 Å². The minimum atomic E-state index is -0.308. The van der Waals surface area contributed by atoms with Crippen LogP contribution in [0.1, 0.15) is 22.6 Å². The van der Waals surface area contributed by atoms with Gasteiger partial charge in [0, 0.05) is 19.8 Å². The van der Waals surface area contributed by atoms with Crippen molar-refractivity contribution in [2.45, 2.75) is 19.3 Å². The summed E-state index contributed by atoms with van der Waals surface area (Å²) in [5, 5.41) is -0.308. The Balaban J connectivity index is 2.22. The van der Waals surface area contributed by atoms with Gasteiger partial charge in [-0.05, 0) is 48.2 Å². The second-order valence-electron chi connectivity index (χ2n) is 5.54. The third-order valence-electron chi connectivity index (χ3n) is 3.61. The highest BCUT2D eigenvalue weighted by atomic mass is 35.5. The summed E-state index contributed by atoms with van der Waals surface area (Å²) in [5.41, 5.74) is 4.37. The van der Waals surface area contributed by atoms with Gasteiger partial charge in [-0.3, -0.25) is 4.79 Å². The van der Waals surface area contributed by atoms with E-state index in [0.29, 0.717) is 6.42 Å². The van der Waals surface area contributed by atoms with Crippen molar-refractivity contribution in [3.8, 4) is 0 Å². The molecule has 110 valence electrons. The van der Waals surface area contributed by atoms with Crippen molar-refractivity contribution in [3.63, 3.8) is 0 Å². The maximum absolute atomic E-state index is 11.8. The first kappa shape index (κ1) is 15.6. The zero-order valence-corrected chi connectivity index (χ0v) is 13.4. The summed E-state index contributed by atoms with van der Waals surface area (Å²) in [6.45, 7) is 2.02. The van der Waals surface area contributed by atoms with Gasteiger partial charge >= 0.3 is 0 Å². The summed E-state index contributed by atoms with van der Waals surface area (Å²) < 4.78 is 0. The molecule has 2 nitrogen and oxygen atoms in total. The van der Waals surface area contributed by atoms with Crippen molar-refractivity contribution in [2.75, 3.05) is 19.0 Å². The fraction of sp³-hybridized carbons (Fsp3) is 0.278. The van der Waals surface area contributed by atoms with Crippen LogP contribution in [0.15, 0.2) is 48.5 Å². The SMILES string of the molecule is Cc1cccc(C(Cc2ccc(N(C)C)cc2)C(=O)Cl)c1. The molecular weight excluding hydrogens is 282 g/mol. The van der Waals surface area contributed by atoms with Gasteiger partial charge in [0.1, 0.15) is 0 Å². The molecule has 0 bridgehead atoms. The molecule has 3 heteroatoms. The molecule has 0 saturated carbocycles. The lowest BCUT2D eigenvalue weighted by atomic mass is 9.92. The third-order valence-corrected chi connectivity index (χ3v) is 3.87. The number of halogens is 1. The van der Waals surface area contributed by atoms with Gasteiger partial charge in [-0.25, -0.2) is 0 Å². The zero-order chi connectivity index (χ0) is 15.4. The molecule has 0 N–H and O–H groups in total. The van der Waals surface area contributed by atoms with Gasteiger partial charge in [0.05, 0.1) is 5.92 Å². The summed E-state index contributed by atoms with van der Waals surface area (Å²) >= 11 is 5.82. The smallest absolute Gasteiger partial charge is 0.229 e. The van der Waals surface area contributed by atoms with Crippen LogP contribution in [0.5, 0.6) is 0 Å². The Labute approximate surface area is 131 Å². The van der Waals surface area contributed by atoms with E-state index < -0.39 is 0 Å². The van der Waals surface area contributed by atoms with Crippen LogP contribution in [0.2, 0.25) is 0 Å². The van der Waals surface area contributed by atoms with E-state index in [1.165, 1.54) is 0 Å². The molecule has 0 amide bonds. The van der Waals surface area contributed by atoms with Crippen molar-refractivity contribution < 1.29 is 4.79 Å². The Bertz CT molecular complexity index is 619. The van der Waals surface area contributed by atoms with Gasteiger partial charge < -0.3 is 4.90 Å². The lowest BCUT2D eigenvalue weighted by Crippen LogP contribution is -2.11. The van der Waals surface area contributed by atoms with E-state index in [0.717, 1.165) is 22.4 Å². The molecule has 0 spiro atoms. The normalized spacial score (nSPS) is 12.0. The van der Waals surface area contributed by atoms with Crippen LogP contribution in [0.25, 0.3) is 0 Å². The first-order chi connectivity index (χ1) is 9.97. The third kappa shape index (κ3) is 4.08. The van der Waals surface area contributed by atoms with E-state index in [2.05, 4.69) is 29.2 Å². The maximum atomic E-state index is 11.8. The second kappa shape index (κ2) is 6.77. The van der Waals surface area contributed by atoms with E-state index in [9.17, 15) is 4.79 Å². The number of carbonyl (C=O) groups excluding carboxylic acids is 1. The van der Waals surface area contributed by atoms with Crippen LogP contribution in [0, 0.1) is 6.92 Å². The summed E-state index contributed by atoms with van der Waals surface area (Å²) in [4.78, 5) is 13.8. The Kier molecular flexibility index (Phi) is 5.03. The van der Waals surface area contributed by atoms with Gasteiger partial charge in [-0.1, -0.05) is 42.0 Å². The van der Waals surface area contributed by atoms with Crippen molar-refractivity contribution in [1.82, 2.24) is 0 Å². The van der Waals surface area contributed by atoms with E-state index in [1.807, 2.05) is 45.3 Å². The Morgan fingerprint density at radius 3 is 2.33 bits per heavy atom. The Morgan fingerprint density at radius 1 is 1.14 bits per heavy atom. The molecule has 0 radical (unpaired) electrons. The lowest BCUT2D eigenvalue weighted by molar-refractivity contribution is -0.113. The Hall–Kier alpha value is -1.80. The number of anilines is 1. The van der Waals surface area contributed by atoms with Crippen LogP contribution in [-0.2, 0) is 11.2 Å². The molecule has 21 heavy (non-hydrogen) atoms. The van der Waals surface area contributed by atoms with Crippen molar-refractivity contribution in [2.24, 2.45) is 0 Å². The number of hydrogen-bond acceptors (Lipinski definition) is 2. The van der Waals surface area contributed by atoms with Gasteiger partial charge in [-0.15, -0.1) is 0 Å². The monoisotopic (exact) mass is 301 g/mol. The average Bonchev–Trinajstić information content (AvgIpc) is 2.45. The molecule has 0 fully saturated rings. The molecule has 0 aromatic heterocycles. The summed E-state index contributed by atoms with van der Waals surface area (Å²) in [6.07, 6.45) is 0.624. The fourth-order valence-electron chi connectivity index (χ4n) is 2.38. The molecule has 0 saturated heterocycles. The predicted octanol–water partition coefficient (Wildman–Crippen LogP) is 4.15. The quantitative estimate of drug-likeness (QED) is 0.773. The number of hydrogen-bond donors (Lipinski definition) is 0. The first-order valence-corrected chi connectivity index (χ1v) is 7.37. The van der Waals surface area contributed by atoms with Gasteiger partial charge in [0.25, 0.3) is 0 Å². The largest absolute Gasteiger partial charge is 0.378 e. The van der Waals surface area contributed by atoms with Crippen LogP contribution in [0.3, 0.4) is 0 Å². The summed E-state index contributed by atoms with van der Waals surface area (Å²) in [5.74, 6) is -0.295. The summed E-state index contributed by atoms with van der Waals surface area (Å²) in [7, 11) is 4.01. The van der Waals surface area contributed by atoms with E-state index in [4.69, 9.17) is 11.6 Å². The number of benzene rings is 2. The van der Waals surface area contributed by atoms with Gasteiger partial charge in [0.15, 0.2) is 0 Å². The number of carbonyl (C=O) groups is 1. The van der Waals surface area contributed by atoms with Gasteiger partial charge in [-0.2, -0.15) is 0 Å². The first-order valence-electron chi connectivity index (χ1n) is 6.99. The molecule has 2 aromatic rings. The van der Waals surface area contributed by atoms with E-state index in [1.54, 1.807) is 0 Å². The van der Waals surface area contributed by atoms with Crippen LogP contribution in [-0.4, -0.2) is 19.3 Å². The van der Waals surface area contributed by atoms with Crippen molar-refractivity contribution in [1.29, 1.82) is 0 Å². The predicted molar refractivity (Wildman–Crippen MR) is 89.3 cm³/mol. The molecule has 0 aliphatic carbocycles. The van der Waals surface area contributed by atoms with Gasteiger partial charge in [0.2, 0.25) is 5.24 Å². The molecular formula is C18H20ClNO. The van der Waals surface area contributed by atoms with Crippen molar-refractivity contribution >= 4 is 22.5 Å². The molecule has 0 aliphatic rings. The molecule has 1 atom stereocenters. The Morgan fingerprint density at radius 2 is 1.81 bits per heavy atom. The fourth-order valence-corrected chi connectivity index (χ4v) is 2.59. The highest BCUT2D eigenvalue weighted by Gasteiger charge is 2.19.